The van der Waals surface area contributed by atoms with Crippen molar-refractivity contribution in [2.75, 3.05) is 6.61 Å². The van der Waals surface area contributed by atoms with Crippen LogP contribution in [-0.4, -0.2) is 16.7 Å². The topological polar surface area (TPSA) is 33.1 Å². The smallest absolute Gasteiger partial charge is 0.105 e. The minimum atomic E-state index is -0.0719. The van der Waals surface area contributed by atoms with E-state index in [1.807, 2.05) is 0 Å². The number of aliphatic hydroxyl groups excluding tert-OH is 1. The fourth-order valence-electron chi connectivity index (χ4n) is 0.931. The first kappa shape index (κ1) is 11.2. The molecule has 0 saturated heterocycles. The lowest BCUT2D eigenvalue weighted by molar-refractivity contribution is 0.350. The molecule has 2 nitrogen and oxygen atoms in total. The van der Waals surface area contributed by atoms with Gasteiger partial charge in [0.1, 0.15) is 11.6 Å². The molecular weight excluding hydrogens is 194 g/mol. The van der Waals surface area contributed by atoms with E-state index in [1.54, 1.807) is 11.3 Å². The second-order valence-corrected chi connectivity index (χ2v) is 5.01. The molecule has 1 aromatic heterocycles. The lowest BCUT2D eigenvalue weighted by atomic mass is 9.93. The first-order valence-corrected chi connectivity index (χ1v) is 5.43. The fourth-order valence-corrected chi connectivity index (χ4v) is 1.89. The van der Waals surface area contributed by atoms with E-state index >= 15 is 0 Å². The summed E-state index contributed by atoms with van der Waals surface area (Å²) in [6, 6.07) is 0. The zero-order chi connectivity index (χ0) is 10.6. The summed E-state index contributed by atoms with van der Waals surface area (Å²) in [4.78, 5) is 4.49. The molecular formula is C11H15NOS. The lowest BCUT2D eigenvalue weighted by Crippen LogP contribution is -2.11. The van der Waals surface area contributed by atoms with Crippen molar-refractivity contribution in [3.8, 4) is 11.8 Å². The molecule has 76 valence electrons. The third-order valence-electron chi connectivity index (χ3n) is 1.76. The average Bonchev–Trinajstić information content (AvgIpc) is 2.52. The molecule has 1 aromatic rings. The van der Waals surface area contributed by atoms with Crippen molar-refractivity contribution < 1.29 is 5.11 Å². The molecule has 3 heteroatoms. The fraction of sp³-hybridized carbons (Fsp3) is 0.545. The number of aromatic nitrogens is 1. The molecule has 1 heterocycles. The lowest BCUT2D eigenvalue weighted by Gasteiger charge is -2.14. The first-order valence-electron chi connectivity index (χ1n) is 4.55. The van der Waals surface area contributed by atoms with Crippen LogP contribution in [-0.2, 0) is 11.8 Å². The van der Waals surface area contributed by atoms with Crippen LogP contribution >= 0.6 is 11.3 Å². The molecule has 0 amide bonds. The van der Waals surface area contributed by atoms with Crippen LogP contribution in [0.25, 0.3) is 0 Å². The van der Waals surface area contributed by atoms with Gasteiger partial charge in [0.05, 0.1) is 12.1 Å². The Labute approximate surface area is 89.0 Å². The molecule has 1 rings (SSSR count). The van der Waals surface area contributed by atoms with Crippen LogP contribution in [0.5, 0.6) is 0 Å². The van der Waals surface area contributed by atoms with Crippen molar-refractivity contribution in [3.05, 3.63) is 16.1 Å². The zero-order valence-corrected chi connectivity index (χ0v) is 9.61. The molecule has 0 saturated carbocycles. The second-order valence-electron chi connectivity index (χ2n) is 4.06. The summed E-state index contributed by atoms with van der Waals surface area (Å²) in [5.74, 6) is 5.48. The summed E-state index contributed by atoms with van der Waals surface area (Å²) in [6.07, 6.45) is 0.640. The highest BCUT2D eigenvalue weighted by molar-refractivity contribution is 7.09. The van der Waals surface area contributed by atoms with Crippen LogP contribution in [0.4, 0.5) is 0 Å². The Balaban J connectivity index is 2.69. The molecule has 1 N–H and O–H groups in total. The number of thiazole rings is 1. The van der Waals surface area contributed by atoms with Gasteiger partial charge < -0.3 is 5.11 Å². The molecule has 14 heavy (non-hydrogen) atoms. The number of nitrogens with zero attached hydrogens (tertiary/aromatic N) is 1. The van der Waals surface area contributed by atoms with Gasteiger partial charge in [-0.25, -0.2) is 4.98 Å². The maximum atomic E-state index is 8.49. The number of rotatable bonds is 1. The van der Waals surface area contributed by atoms with Gasteiger partial charge in [-0.15, -0.1) is 11.3 Å². The Hall–Kier alpha value is -0.850. The quantitative estimate of drug-likeness (QED) is 0.717. The first-order chi connectivity index (χ1) is 6.54. The van der Waals surface area contributed by atoms with Gasteiger partial charge in [-0.05, 0) is 0 Å². The minimum Gasteiger partial charge on any atom is -0.384 e. The summed E-state index contributed by atoms with van der Waals surface area (Å²) in [5, 5.41) is 11.6. The largest absolute Gasteiger partial charge is 0.384 e. The monoisotopic (exact) mass is 209 g/mol. The predicted molar refractivity (Wildman–Crippen MR) is 59.4 cm³/mol. The van der Waals surface area contributed by atoms with Gasteiger partial charge in [-0.1, -0.05) is 32.6 Å². The molecule has 0 fully saturated rings. The molecule has 0 aliphatic carbocycles. The van der Waals surface area contributed by atoms with Crippen molar-refractivity contribution in [2.24, 2.45) is 0 Å². The molecule has 0 atom stereocenters. The molecule has 0 aromatic carbocycles. The van der Waals surface area contributed by atoms with Gasteiger partial charge in [-0.2, -0.15) is 0 Å². The van der Waals surface area contributed by atoms with Gasteiger partial charge in [0.15, 0.2) is 0 Å². The molecule has 0 aliphatic heterocycles. The van der Waals surface area contributed by atoms with Gasteiger partial charge in [0.25, 0.3) is 0 Å². The van der Waals surface area contributed by atoms with Crippen molar-refractivity contribution in [1.29, 1.82) is 0 Å². The molecule has 0 unspecified atom stereocenters. The summed E-state index contributed by atoms with van der Waals surface area (Å²) in [6.45, 7) is 6.36. The number of hydrogen-bond donors (Lipinski definition) is 1. The Morgan fingerprint density at radius 1 is 1.43 bits per heavy atom. The SMILES string of the molecule is CC(C)(C)c1csc(CC#CCO)n1. The van der Waals surface area contributed by atoms with Crippen LogP contribution in [0.15, 0.2) is 5.38 Å². The van der Waals surface area contributed by atoms with E-state index in [0.29, 0.717) is 6.42 Å². The zero-order valence-electron chi connectivity index (χ0n) is 8.79. The highest BCUT2D eigenvalue weighted by atomic mass is 32.1. The Morgan fingerprint density at radius 3 is 2.64 bits per heavy atom. The van der Waals surface area contributed by atoms with Gasteiger partial charge in [0.2, 0.25) is 0 Å². The molecule has 0 bridgehead atoms. The molecule has 0 radical (unpaired) electrons. The Morgan fingerprint density at radius 2 is 2.14 bits per heavy atom. The second kappa shape index (κ2) is 4.59. The van der Waals surface area contributed by atoms with Crippen LogP contribution in [0, 0.1) is 11.8 Å². The van der Waals surface area contributed by atoms with E-state index in [9.17, 15) is 0 Å². The van der Waals surface area contributed by atoms with E-state index < -0.39 is 0 Å². The van der Waals surface area contributed by atoms with E-state index in [2.05, 4.69) is 43.0 Å². The summed E-state index contributed by atoms with van der Waals surface area (Å²) in [7, 11) is 0. The van der Waals surface area contributed by atoms with Crippen LogP contribution < -0.4 is 0 Å². The van der Waals surface area contributed by atoms with Crippen molar-refractivity contribution in [3.63, 3.8) is 0 Å². The number of aliphatic hydroxyl groups is 1. The molecule has 0 spiro atoms. The van der Waals surface area contributed by atoms with Crippen molar-refractivity contribution >= 4 is 11.3 Å². The Bertz CT molecular complexity index is 351. The molecule has 0 aliphatic rings. The highest BCUT2D eigenvalue weighted by Crippen LogP contribution is 2.23. The Kier molecular flexibility index (Phi) is 3.68. The third kappa shape index (κ3) is 3.13. The summed E-state index contributed by atoms with van der Waals surface area (Å²) >= 11 is 1.63. The van der Waals surface area contributed by atoms with E-state index in [1.165, 1.54) is 0 Å². The number of hydrogen-bond acceptors (Lipinski definition) is 3. The van der Waals surface area contributed by atoms with Crippen molar-refractivity contribution in [1.82, 2.24) is 4.98 Å². The van der Waals surface area contributed by atoms with E-state index in [0.717, 1.165) is 10.7 Å². The van der Waals surface area contributed by atoms with Crippen LogP contribution in [0.1, 0.15) is 31.5 Å². The average molecular weight is 209 g/mol. The maximum absolute atomic E-state index is 8.49. The van der Waals surface area contributed by atoms with Gasteiger partial charge in [0, 0.05) is 10.8 Å². The van der Waals surface area contributed by atoms with Gasteiger partial charge >= 0.3 is 0 Å². The van der Waals surface area contributed by atoms with E-state index in [4.69, 9.17) is 5.11 Å². The summed E-state index contributed by atoms with van der Waals surface area (Å²) < 4.78 is 0. The maximum Gasteiger partial charge on any atom is 0.105 e. The van der Waals surface area contributed by atoms with Crippen molar-refractivity contribution in [2.45, 2.75) is 32.6 Å². The minimum absolute atomic E-state index is 0.0719. The standard InChI is InChI=1S/C11H15NOS/c1-11(2,3)9-8-14-10(12-9)6-4-5-7-13/h8,13H,6-7H2,1-3H3. The van der Waals surface area contributed by atoms with Gasteiger partial charge in [-0.3, -0.25) is 0 Å². The highest BCUT2D eigenvalue weighted by Gasteiger charge is 2.16. The predicted octanol–water partition coefficient (Wildman–Crippen LogP) is 1.98. The van der Waals surface area contributed by atoms with E-state index in [-0.39, 0.29) is 12.0 Å². The van der Waals surface area contributed by atoms with Crippen LogP contribution in [0.3, 0.4) is 0 Å². The summed E-state index contributed by atoms with van der Waals surface area (Å²) in [5.41, 5.74) is 1.22. The van der Waals surface area contributed by atoms with Crippen LogP contribution in [0.2, 0.25) is 0 Å². The normalized spacial score (nSPS) is 10.9. The third-order valence-corrected chi connectivity index (χ3v) is 2.61.